The van der Waals surface area contributed by atoms with E-state index in [1.807, 2.05) is 0 Å². The van der Waals surface area contributed by atoms with Crippen molar-refractivity contribution >= 4 is 35.6 Å². The minimum absolute atomic E-state index is 0. The van der Waals surface area contributed by atoms with Crippen molar-refractivity contribution in [1.29, 1.82) is 0 Å². The Labute approximate surface area is 282 Å². The van der Waals surface area contributed by atoms with E-state index in [0.29, 0.717) is 5.92 Å². The van der Waals surface area contributed by atoms with Crippen LogP contribution in [0.2, 0.25) is 4.63 Å². The van der Waals surface area contributed by atoms with Crippen molar-refractivity contribution < 1.29 is 18.3 Å². The number of allylic oxidation sites excluding steroid dienone is 4. The second kappa shape index (κ2) is 12.2. The summed E-state index contributed by atoms with van der Waals surface area (Å²) in [5.41, 5.74) is 10.5. The van der Waals surface area contributed by atoms with Gasteiger partial charge in [0.05, 0.1) is 0 Å². The SMILES string of the molecule is Cl.Cl.[CH2]=[Zr]([CH3])([C]1=CC(C(C)(C)C)=CC1CCC)([c]1ccccc1)[c]1cc(C(C)(C)C)cc2c1Cc1ccc(C(C)(C)C)cc1-2. The van der Waals surface area contributed by atoms with Crippen LogP contribution in [0.5, 0.6) is 0 Å². The van der Waals surface area contributed by atoms with Gasteiger partial charge in [-0.1, -0.05) is 0 Å². The van der Waals surface area contributed by atoms with Crippen molar-refractivity contribution in [3.8, 4) is 11.1 Å². The van der Waals surface area contributed by atoms with Crippen LogP contribution in [0.25, 0.3) is 11.1 Å². The molecule has 1 unspecified atom stereocenters. The Morgan fingerprint density at radius 3 is 1.89 bits per heavy atom. The van der Waals surface area contributed by atoms with Crippen molar-refractivity contribution in [3.63, 3.8) is 0 Å². The van der Waals surface area contributed by atoms with Gasteiger partial charge in [-0.2, -0.15) is 0 Å². The van der Waals surface area contributed by atoms with Gasteiger partial charge in [-0.15, -0.1) is 24.8 Å². The summed E-state index contributed by atoms with van der Waals surface area (Å²) in [6, 6.07) is 23.9. The first kappa shape index (κ1) is 36.9. The van der Waals surface area contributed by atoms with Crippen LogP contribution >= 0.6 is 24.8 Å². The standard InChI is InChI=1S/C21H25.C12H19.C6H5.CH3.CH2.2ClH.Zr/c1-20(2,3)16-9-7-14-11-15-8-10-17(21(4,5)6)13-19(15)18(14)12-16;1-5-6-10-7-8-11(9-10)12(2,3)4;1-2-4-6-5-3-1;;;;;/h7,9-10,12-13H,11H2,1-6H3;8-10H,5-6H2,1-4H3;1-5H;1H3;1H2;2*1H;. The molecule has 0 fully saturated rings. The third-order valence-electron chi connectivity index (χ3n) is 10.4. The zero-order valence-electron chi connectivity index (χ0n) is 29.2. The van der Waals surface area contributed by atoms with Crippen LogP contribution in [-0.4, -0.2) is 4.21 Å². The second-order valence-corrected chi connectivity index (χ2v) is 30.9. The molecule has 2 aliphatic rings. The summed E-state index contributed by atoms with van der Waals surface area (Å²) in [7, 11) is 0. The maximum absolute atomic E-state index is 5.60. The molecule has 0 nitrogen and oxygen atoms in total. The summed E-state index contributed by atoms with van der Waals surface area (Å²) in [5.74, 6) is 0.447. The molecule has 0 spiro atoms. The van der Waals surface area contributed by atoms with E-state index in [2.05, 4.69) is 147 Å². The Morgan fingerprint density at radius 2 is 1.34 bits per heavy atom. The first-order chi connectivity index (χ1) is 19.3. The predicted molar refractivity (Wildman–Crippen MR) is 199 cm³/mol. The third kappa shape index (κ3) is 6.25. The average molecular weight is 711 g/mol. The van der Waals surface area contributed by atoms with E-state index in [0.717, 1.165) is 6.42 Å². The van der Waals surface area contributed by atoms with Gasteiger partial charge >= 0.3 is 259 Å². The fourth-order valence-corrected chi connectivity index (χ4v) is 20.8. The summed E-state index contributed by atoms with van der Waals surface area (Å²) >= 11 is -4.39. The van der Waals surface area contributed by atoms with Crippen LogP contribution in [0.3, 0.4) is 0 Å². The molecule has 5 rings (SSSR count). The molecular weight excluding hydrogens is 655 g/mol. The predicted octanol–water partition coefficient (Wildman–Crippen LogP) is 11.1. The Balaban J connectivity index is 0.00000264. The Kier molecular flexibility index (Phi) is 10.3. The molecule has 44 heavy (non-hydrogen) atoms. The second-order valence-electron chi connectivity index (χ2n) is 16.8. The van der Waals surface area contributed by atoms with Crippen LogP contribution in [0, 0.1) is 11.3 Å². The molecule has 0 N–H and O–H groups in total. The molecule has 0 saturated heterocycles. The van der Waals surface area contributed by atoms with E-state index in [1.165, 1.54) is 55.1 Å². The zero-order valence-corrected chi connectivity index (χ0v) is 33.2. The van der Waals surface area contributed by atoms with Gasteiger partial charge in [-0.3, -0.25) is 0 Å². The molecule has 238 valence electrons. The first-order valence-corrected chi connectivity index (χ1v) is 24.1. The van der Waals surface area contributed by atoms with Crippen LogP contribution in [0.1, 0.15) is 104 Å². The normalized spacial score (nSPS) is 16.8. The molecule has 3 heteroatoms. The molecule has 0 radical (unpaired) electrons. The van der Waals surface area contributed by atoms with Gasteiger partial charge in [0, 0.05) is 0 Å². The van der Waals surface area contributed by atoms with E-state index in [4.69, 9.17) is 4.21 Å². The van der Waals surface area contributed by atoms with Crippen molar-refractivity contribution in [3.05, 3.63) is 104 Å². The zero-order chi connectivity index (χ0) is 30.9. The molecule has 2 aliphatic carbocycles. The monoisotopic (exact) mass is 708 g/mol. The van der Waals surface area contributed by atoms with Crippen molar-refractivity contribution in [2.45, 2.75) is 104 Å². The summed E-state index contributed by atoms with van der Waals surface area (Å²) < 4.78 is 13.0. The number of rotatable bonds is 5. The van der Waals surface area contributed by atoms with E-state index >= 15 is 0 Å². The molecular formula is C41H56Cl2Zr. The molecule has 0 saturated carbocycles. The van der Waals surface area contributed by atoms with Crippen LogP contribution in [0.15, 0.2) is 81.7 Å². The average Bonchev–Trinajstić information content (AvgIpc) is 3.50. The minimum atomic E-state index is -4.39. The van der Waals surface area contributed by atoms with Gasteiger partial charge in [0.1, 0.15) is 0 Å². The molecule has 0 aromatic heterocycles. The summed E-state index contributed by atoms with van der Waals surface area (Å²) in [6.45, 7) is 23.6. The number of benzene rings is 3. The number of fused-ring (bicyclic) bond motifs is 3. The Morgan fingerprint density at radius 1 is 0.750 bits per heavy atom. The van der Waals surface area contributed by atoms with Crippen molar-refractivity contribution in [2.75, 3.05) is 0 Å². The van der Waals surface area contributed by atoms with Gasteiger partial charge in [-0.25, -0.2) is 0 Å². The maximum atomic E-state index is 5.60. The molecule has 3 aromatic carbocycles. The molecule has 0 amide bonds. The van der Waals surface area contributed by atoms with E-state index in [-0.39, 0.29) is 41.1 Å². The number of halogens is 2. The Hall–Kier alpha value is -1.53. The van der Waals surface area contributed by atoms with Gasteiger partial charge in [0.15, 0.2) is 0 Å². The van der Waals surface area contributed by atoms with Gasteiger partial charge in [0.25, 0.3) is 0 Å². The molecule has 3 aromatic rings. The number of hydrogen-bond donors (Lipinski definition) is 0. The van der Waals surface area contributed by atoms with E-state index in [1.54, 1.807) is 6.55 Å². The van der Waals surface area contributed by atoms with Crippen LogP contribution in [0.4, 0.5) is 0 Å². The van der Waals surface area contributed by atoms with E-state index < -0.39 is 18.3 Å². The fourth-order valence-electron chi connectivity index (χ4n) is 7.49. The third-order valence-corrected chi connectivity index (χ3v) is 24.8. The van der Waals surface area contributed by atoms with Crippen LogP contribution in [-0.2, 0) is 35.5 Å². The summed E-state index contributed by atoms with van der Waals surface area (Å²) in [6.07, 6.45) is 8.60. The molecule has 0 bridgehead atoms. The fraction of sp³-hybridized carbons (Fsp3) is 0.439. The molecule has 0 heterocycles. The first-order valence-electron chi connectivity index (χ1n) is 16.2. The van der Waals surface area contributed by atoms with Crippen LogP contribution < -0.4 is 6.54 Å². The van der Waals surface area contributed by atoms with Gasteiger partial charge in [0.2, 0.25) is 0 Å². The number of hydrogen-bond acceptors (Lipinski definition) is 0. The van der Waals surface area contributed by atoms with Crippen molar-refractivity contribution in [1.82, 2.24) is 0 Å². The quantitative estimate of drug-likeness (QED) is 0.193. The van der Waals surface area contributed by atoms with Crippen molar-refractivity contribution in [2.24, 2.45) is 11.3 Å². The Bertz CT molecular complexity index is 1670. The van der Waals surface area contributed by atoms with E-state index in [9.17, 15) is 0 Å². The topological polar surface area (TPSA) is 0 Å². The summed E-state index contributed by atoms with van der Waals surface area (Å²) in [5, 5.41) is 0. The summed E-state index contributed by atoms with van der Waals surface area (Å²) in [4.78, 5) is 0. The van der Waals surface area contributed by atoms with Gasteiger partial charge in [-0.05, 0) is 0 Å². The molecule has 0 aliphatic heterocycles. The molecule has 1 atom stereocenters. The van der Waals surface area contributed by atoms with Gasteiger partial charge < -0.3 is 0 Å².